The zero-order valence-corrected chi connectivity index (χ0v) is 18.4. The Hall–Kier alpha value is -2.42. The first kappa shape index (κ1) is 22.9. The third-order valence-electron chi connectivity index (χ3n) is 3.78. The van der Waals surface area contributed by atoms with E-state index in [4.69, 9.17) is 32.7 Å². The van der Waals surface area contributed by atoms with Gasteiger partial charge in [0.15, 0.2) is 5.82 Å². The van der Waals surface area contributed by atoms with Crippen molar-refractivity contribution in [3.8, 4) is 0 Å². The third kappa shape index (κ3) is 6.56. The minimum atomic E-state index is -0.661. The SMILES string of the molecule is COC(=O)C1=CC(NC(C)c2cc(Cl)ccc2Cl)=C(NC(=O)OC(C)(C)C)N[NH2+]1. The van der Waals surface area contributed by atoms with Crippen LogP contribution in [-0.4, -0.2) is 24.8 Å². The van der Waals surface area contributed by atoms with E-state index in [1.807, 2.05) is 6.92 Å². The number of hydrogen-bond acceptors (Lipinski definition) is 6. The van der Waals surface area contributed by atoms with Crippen molar-refractivity contribution < 1.29 is 24.5 Å². The average Bonchev–Trinajstić information content (AvgIpc) is 2.62. The van der Waals surface area contributed by atoms with Crippen LogP contribution in [0.3, 0.4) is 0 Å². The Bertz CT molecular complexity index is 862. The van der Waals surface area contributed by atoms with Gasteiger partial charge in [0.05, 0.1) is 18.8 Å². The molecule has 2 rings (SSSR count). The minimum Gasteiger partial charge on any atom is -0.461 e. The standard InChI is InChI=1S/C19H24Cl2N4O4/c1-10(12-8-11(20)6-7-13(12)21)22-14-9-15(17(26)28-5)24-25-16(14)23-18(27)29-19(2,3)4/h6-10,22,24-25H,1-5H3,(H,23,27)/p+1. The zero-order valence-electron chi connectivity index (χ0n) is 16.9. The lowest BCUT2D eigenvalue weighted by atomic mass is 10.1. The number of benzene rings is 1. The van der Waals surface area contributed by atoms with E-state index in [9.17, 15) is 9.59 Å². The number of alkyl carbamates (subject to hydrolysis) is 1. The van der Waals surface area contributed by atoms with Crippen LogP contribution < -0.4 is 21.5 Å². The molecule has 0 spiro atoms. The smallest absolute Gasteiger partial charge is 0.413 e. The van der Waals surface area contributed by atoms with Crippen molar-refractivity contribution in [1.29, 1.82) is 0 Å². The molecule has 1 amide bonds. The van der Waals surface area contributed by atoms with E-state index < -0.39 is 17.7 Å². The third-order valence-corrected chi connectivity index (χ3v) is 4.36. The summed E-state index contributed by atoms with van der Waals surface area (Å²) in [4.78, 5) is 24.1. The number of carbonyl (C=O) groups is 2. The molecule has 0 saturated carbocycles. The van der Waals surface area contributed by atoms with Gasteiger partial charge in [-0.15, -0.1) is 0 Å². The molecular weight excluding hydrogens is 419 g/mol. The van der Waals surface area contributed by atoms with Crippen LogP contribution in [0.2, 0.25) is 10.0 Å². The van der Waals surface area contributed by atoms with Crippen molar-refractivity contribution in [2.24, 2.45) is 0 Å². The highest BCUT2D eigenvalue weighted by atomic mass is 35.5. The van der Waals surface area contributed by atoms with Crippen molar-refractivity contribution in [1.82, 2.24) is 16.1 Å². The second kappa shape index (κ2) is 9.39. The van der Waals surface area contributed by atoms with Crippen molar-refractivity contribution in [3.05, 3.63) is 57.1 Å². The molecule has 1 aromatic carbocycles. The zero-order chi connectivity index (χ0) is 21.8. The van der Waals surface area contributed by atoms with Crippen LogP contribution in [0.1, 0.15) is 39.3 Å². The van der Waals surface area contributed by atoms with Crippen molar-refractivity contribution in [3.63, 3.8) is 0 Å². The topological polar surface area (TPSA) is 105 Å². The molecule has 158 valence electrons. The Morgan fingerprint density at radius 2 is 1.93 bits per heavy atom. The Labute approximate surface area is 179 Å². The fraction of sp³-hybridized carbons (Fsp3) is 0.368. The lowest BCUT2D eigenvalue weighted by Crippen LogP contribution is -2.94. The summed E-state index contributed by atoms with van der Waals surface area (Å²) in [6.07, 6.45) is 0.917. The van der Waals surface area contributed by atoms with Gasteiger partial charge < -0.3 is 14.8 Å². The summed E-state index contributed by atoms with van der Waals surface area (Å²) < 4.78 is 10.1. The number of nitrogens with one attached hydrogen (secondary N) is 3. The lowest BCUT2D eigenvalue weighted by Gasteiger charge is -2.25. The van der Waals surface area contributed by atoms with Gasteiger partial charge in [0.1, 0.15) is 5.60 Å². The van der Waals surface area contributed by atoms with E-state index >= 15 is 0 Å². The lowest BCUT2D eigenvalue weighted by molar-refractivity contribution is -0.656. The van der Waals surface area contributed by atoms with Crippen LogP contribution in [0.25, 0.3) is 0 Å². The number of rotatable bonds is 5. The Morgan fingerprint density at radius 1 is 1.24 bits per heavy atom. The van der Waals surface area contributed by atoms with Crippen LogP contribution in [-0.2, 0) is 14.3 Å². The number of carbonyl (C=O) groups excluding carboxylic acids is 2. The van der Waals surface area contributed by atoms with Gasteiger partial charge in [-0.3, -0.25) is 5.32 Å². The molecule has 0 aromatic heterocycles. The maximum Gasteiger partial charge on any atom is 0.413 e. The van der Waals surface area contributed by atoms with Crippen LogP contribution >= 0.6 is 23.2 Å². The molecule has 1 aliphatic heterocycles. The summed E-state index contributed by atoms with van der Waals surface area (Å²) in [6, 6.07) is 4.85. The highest BCUT2D eigenvalue weighted by molar-refractivity contribution is 6.33. The summed E-state index contributed by atoms with van der Waals surface area (Å²) >= 11 is 12.4. The molecule has 29 heavy (non-hydrogen) atoms. The number of amides is 1. The van der Waals surface area contributed by atoms with E-state index in [0.29, 0.717) is 21.6 Å². The highest BCUT2D eigenvalue weighted by Gasteiger charge is 2.26. The molecular formula is C19H25Cl2N4O4+. The molecule has 1 unspecified atom stereocenters. The number of esters is 1. The molecule has 0 fully saturated rings. The fourth-order valence-corrected chi connectivity index (χ4v) is 2.97. The molecule has 1 heterocycles. The van der Waals surface area contributed by atoms with Gasteiger partial charge in [-0.2, -0.15) is 0 Å². The van der Waals surface area contributed by atoms with Crippen molar-refractivity contribution >= 4 is 35.3 Å². The number of hydrogen-bond donors (Lipinski definition) is 4. The molecule has 0 bridgehead atoms. The molecule has 1 aliphatic rings. The van der Waals surface area contributed by atoms with Crippen molar-refractivity contribution in [2.45, 2.75) is 39.3 Å². The summed E-state index contributed by atoms with van der Waals surface area (Å²) in [6.45, 7) is 7.16. The Kier molecular flexibility index (Phi) is 7.40. The fourth-order valence-electron chi connectivity index (χ4n) is 2.51. The van der Waals surface area contributed by atoms with Crippen LogP contribution in [0, 0.1) is 0 Å². The first-order chi connectivity index (χ1) is 13.5. The van der Waals surface area contributed by atoms with E-state index in [1.165, 1.54) is 12.5 Å². The molecule has 1 aromatic rings. The maximum atomic E-state index is 12.2. The number of methoxy groups -OCH3 is 1. The second-order valence-electron chi connectivity index (χ2n) is 7.33. The Balaban J connectivity index is 2.33. The maximum absolute atomic E-state index is 12.2. The van der Waals surface area contributed by atoms with Gasteiger partial charge in [-0.1, -0.05) is 23.2 Å². The molecule has 0 aliphatic carbocycles. The van der Waals surface area contributed by atoms with Gasteiger partial charge >= 0.3 is 12.1 Å². The Morgan fingerprint density at radius 3 is 2.55 bits per heavy atom. The predicted molar refractivity (Wildman–Crippen MR) is 110 cm³/mol. The molecule has 5 N–H and O–H groups in total. The van der Waals surface area contributed by atoms with Gasteiger partial charge in [-0.25, -0.2) is 20.4 Å². The minimum absolute atomic E-state index is 0.272. The average molecular weight is 444 g/mol. The van der Waals surface area contributed by atoms with E-state index in [2.05, 4.69) is 16.1 Å². The summed E-state index contributed by atoms with van der Waals surface area (Å²) in [5.74, 6) is -0.210. The van der Waals surface area contributed by atoms with Gasteiger partial charge in [0, 0.05) is 16.1 Å². The number of nitrogens with two attached hydrogens (primary N) is 1. The highest BCUT2D eigenvalue weighted by Crippen LogP contribution is 2.27. The van der Waals surface area contributed by atoms with E-state index in [1.54, 1.807) is 45.0 Å². The number of halogens is 2. The van der Waals surface area contributed by atoms with Crippen LogP contribution in [0.5, 0.6) is 0 Å². The second-order valence-corrected chi connectivity index (χ2v) is 8.17. The van der Waals surface area contributed by atoms with E-state index in [0.717, 1.165) is 5.56 Å². The number of allylic oxidation sites excluding steroid dienone is 1. The summed E-state index contributed by atoms with van der Waals surface area (Å²) in [5, 5.41) is 6.95. The largest absolute Gasteiger partial charge is 0.461 e. The molecule has 10 heteroatoms. The van der Waals surface area contributed by atoms with Gasteiger partial charge in [-0.05, 0) is 51.5 Å². The molecule has 1 atom stereocenters. The normalized spacial score (nSPS) is 15.1. The first-order valence-corrected chi connectivity index (χ1v) is 9.61. The van der Waals surface area contributed by atoms with Crippen LogP contribution in [0.15, 0.2) is 41.5 Å². The van der Waals surface area contributed by atoms with Crippen molar-refractivity contribution in [2.75, 3.05) is 7.11 Å². The number of ether oxygens (including phenoxy) is 2. The predicted octanol–water partition coefficient (Wildman–Crippen LogP) is 2.48. The molecule has 0 radical (unpaired) electrons. The molecule has 0 saturated heterocycles. The first-order valence-electron chi connectivity index (χ1n) is 8.85. The molecule has 8 nitrogen and oxygen atoms in total. The van der Waals surface area contributed by atoms with Gasteiger partial charge in [0.2, 0.25) is 5.70 Å². The monoisotopic (exact) mass is 443 g/mol. The quantitative estimate of drug-likeness (QED) is 0.411. The van der Waals surface area contributed by atoms with E-state index in [-0.39, 0.29) is 11.7 Å². The summed E-state index contributed by atoms with van der Waals surface area (Å²) in [5.41, 5.74) is 5.13. The van der Waals surface area contributed by atoms with Crippen LogP contribution in [0.4, 0.5) is 4.79 Å². The van der Waals surface area contributed by atoms with Gasteiger partial charge in [0.25, 0.3) is 0 Å². The number of quaternary nitrogens is 1. The summed E-state index contributed by atoms with van der Waals surface area (Å²) in [7, 11) is 1.29.